The normalized spacial score (nSPS) is 28.2. The van der Waals surface area contributed by atoms with Crippen molar-refractivity contribution in [3.05, 3.63) is 35.9 Å². The third kappa shape index (κ3) is 3.60. The van der Waals surface area contributed by atoms with Crippen LogP contribution in [0.4, 0.5) is 0 Å². The predicted molar refractivity (Wildman–Crippen MR) is 79.7 cm³/mol. The second kappa shape index (κ2) is 6.41. The first-order chi connectivity index (χ1) is 8.74. The maximum Gasteiger partial charge on any atom is -0.0222 e. The van der Waals surface area contributed by atoms with E-state index in [1.807, 2.05) is 0 Å². The van der Waals surface area contributed by atoms with Gasteiger partial charge in [-0.2, -0.15) is 0 Å². The van der Waals surface area contributed by atoms with E-state index in [9.17, 15) is 0 Å². The van der Waals surface area contributed by atoms with Crippen molar-refractivity contribution in [3.63, 3.8) is 0 Å². The Morgan fingerprint density at radius 3 is 2.39 bits per heavy atom. The minimum absolute atomic E-state index is 0.615. The van der Waals surface area contributed by atoms with Crippen LogP contribution in [0.25, 0.3) is 0 Å². The fourth-order valence-corrected chi connectivity index (χ4v) is 3.47. The summed E-state index contributed by atoms with van der Waals surface area (Å²) < 4.78 is 0. The molecule has 0 bridgehead atoms. The van der Waals surface area contributed by atoms with Crippen molar-refractivity contribution in [2.75, 3.05) is 0 Å². The van der Waals surface area contributed by atoms with Crippen LogP contribution in [0.2, 0.25) is 0 Å². The lowest BCUT2D eigenvalue weighted by Gasteiger charge is -2.40. The van der Waals surface area contributed by atoms with E-state index < -0.39 is 0 Å². The molecule has 0 atom stereocenters. The molecule has 1 fully saturated rings. The van der Waals surface area contributed by atoms with Crippen LogP contribution < -0.4 is 0 Å². The molecule has 0 aliphatic heterocycles. The van der Waals surface area contributed by atoms with Crippen LogP contribution in [-0.4, -0.2) is 0 Å². The van der Waals surface area contributed by atoms with Crippen LogP contribution in [0.1, 0.15) is 64.4 Å². The van der Waals surface area contributed by atoms with Crippen LogP contribution in [0.15, 0.2) is 30.3 Å². The molecule has 100 valence electrons. The molecule has 0 N–H and O–H groups in total. The molecule has 0 heteroatoms. The molecule has 18 heavy (non-hydrogen) atoms. The zero-order valence-electron chi connectivity index (χ0n) is 12.1. The van der Waals surface area contributed by atoms with E-state index in [2.05, 4.69) is 44.2 Å². The number of rotatable bonds is 5. The SMILES string of the molecule is CCCCC1(Cc2ccccc2)CCC(C)CC1. The van der Waals surface area contributed by atoms with Crippen molar-refractivity contribution in [3.8, 4) is 0 Å². The standard InChI is InChI=1S/C18H28/c1-3-4-12-18(13-10-16(2)11-14-18)15-17-8-6-5-7-9-17/h5-9,16H,3-4,10-15H2,1-2H3. The van der Waals surface area contributed by atoms with Crippen LogP contribution in [0.5, 0.6) is 0 Å². The molecule has 1 aromatic carbocycles. The summed E-state index contributed by atoms with van der Waals surface area (Å²) in [6.45, 7) is 4.74. The first-order valence-electron chi connectivity index (χ1n) is 7.78. The van der Waals surface area contributed by atoms with Crippen molar-refractivity contribution in [2.45, 2.75) is 65.2 Å². The zero-order valence-corrected chi connectivity index (χ0v) is 12.1. The first-order valence-corrected chi connectivity index (χ1v) is 7.78. The van der Waals surface area contributed by atoms with E-state index in [0.29, 0.717) is 5.41 Å². The third-order valence-electron chi connectivity index (χ3n) is 4.82. The highest BCUT2D eigenvalue weighted by atomic mass is 14.4. The van der Waals surface area contributed by atoms with Gasteiger partial charge in [0.15, 0.2) is 0 Å². The Morgan fingerprint density at radius 1 is 1.11 bits per heavy atom. The molecule has 0 spiro atoms. The maximum atomic E-state index is 2.42. The van der Waals surface area contributed by atoms with E-state index in [4.69, 9.17) is 0 Å². The Bertz CT molecular complexity index is 325. The molecular weight excluding hydrogens is 216 g/mol. The second-order valence-electron chi connectivity index (χ2n) is 6.45. The molecule has 0 nitrogen and oxygen atoms in total. The van der Waals surface area contributed by atoms with E-state index in [1.54, 1.807) is 5.56 Å². The number of hydrogen-bond donors (Lipinski definition) is 0. The van der Waals surface area contributed by atoms with Gasteiger partial charge in [0.2, 0.25) is 0 Å². The topological polar surface area (TPSA) is 0 Å². The van der Waals surface area contributed by atoms with Crippen LogP contribution in [-0.2, 0) is 6.42 Å². The van der Waals surface area contributed by atoms with Gasteiger partial charge in [-0.05, 0) is 42.6 Å². The minimum atomic E-state index is 0.615. The van der Waals surface area contributed by atoms with E-state index in [1.165, 1.54) is 51.4 Å². The fraction of sp³-hybridized carbons (Fsp3) is 0.667. The van der Waals surface area contributed by atoms with Crippen molar-refractivity contribution in [1.82, 2.24) is 0 Å². The summed E-state index contributed by atoms with van der Waals surface area (Å²) in [7, 11) is 0. The van der Waals surface area contributed by atoms with Gasteiger partial charge >= 0.3 is 0 Å². The molecule has 0 unspecified atom stereocenters. The fourth-order valence-electron chi connectivity index (χ4n) is 3.47. The smallest absolute Gasteiger partial charge is 0.0222 e. The summed E-state index contributed by atoms with van der Waals surface area (Å²) in [4.78, 5) is 0. The molecule has 1 aromatic rings. The largest absolute Gasteiger partial charge is 0.0654 e. The summed E-state index contributed by atoms with van der Waals surface area (Å²) in [5.41, 5.74) is 2.16. The Kier molecular flexibility index (Phi) is 4.86. The molecule has 2 rings (SSSR count). The summed E-state index contributed by atoms with van der Waals surface area (Å²) in [5.74, 6) is 0.954. The van der Waals surface area contributed by atoms with Gasteiger partial charge in [0, 0.05) is 0 Å². The highest BCUT2D eigenvalue weighted by Crippen LogP contribution is 2.44. The Labute approximate surface area is 113 Å². The average Bonchev–Trinajstić information content (AvgIpc) is 2.41. The van der Waals surface area contributed by atoms with E-state index in [-0.39, 0.29) is 0 Å². The van der Waals surface area contributed by atoms with Gasteiger partial charge in [-0.3, -0.25) is 0 Å². The summed E-state index contributed by atoms with van der Waals surface area (Å²) in [6, 6.07) is 11.1. The van der Waals surface area contributed by atoms with Crippen LogP contribution in [0.3, 0.4) is 0 Å². The molecule has 0 radical (unpaired) electrons. The molecular formula is C18H28. The summed E-state index contributed by atoms with van der Waals surface area (Å²) in [6.07, 6.45) is 11.3. The second-order valence-corrected chi connectivity index (χ2v) is 6.45. The lowest BCUT2D eigenvalue weighted by molar-refractivity contribution is 0.138. The number of unbranched alkanes of at least 4 members (excludes halogenated alkanes) is 1. The van der Waals surface area contributed by atoms with Gasteiger partial charge in [0.05, 0.1) is 0 Å². The van der Waals surface area contributed by atoms with Gasteiger partial charge < -0.3 is 0 Å². The Balaban J connectivity index is 2.05. The van der Waals surface area contributed by atoms with E-state index >= 15 is 0 Å². The van der Waals surface area contributed by atoms with Crippen molar-refractivity contribution < 1.29 is 0 Å². The molecule has 1 aliphatic rings. The lowest BCUT2D eigenvalue weighted by Crippen LogP contribution is -2.29. The molecule has 0 heterocycles. The molecule has 0 saturated heterocycles. The predicted octanol–water partition coefficient (Wildman–Crippen LogP) is 5.62. The summed E-state index contributed by atoms with van der Waals surface area (Å²) >= 11 is 0. The Hall–Kier alpha value is -0.780. The third-order valence-corrected chi connectivity index (χ3v) is 4.82. The number of benzene rings is 1. The van der Waals surface area contributed by atoms with Crippen molar-refractivity contribution in [1.29, 1.82) is 0 Å². The van der Waals surface area contributed by atoms with Crippen molar-refractivity contribution >= 4 is 0 Å². The van der Waals surface area contributed by atoms with Crippen LogP contribution >= 0.6 is 0 Å². The minimum Gasteiger partial charge on any atom is -0.0654 e. The van der Waals surface area contributed by atoms with Crippen LogP contribution in [0, 0.1) is 11.3 Å². The first kappa shape index (κ1) is 13.6. The molecule has 0 amide bonds. The monoisotopic (exact) mass is 244 g/mol. The van der Waals surface area contributed by atoms with Gasteiger partial charge in [-0.15, -0.1) is 0 Å². The average molecular weight is 244 g/mol. The maximum absolute atomic E-state index is 2.42. The highest BCUT2D eigenvalue weighted by molar-refractivity contribution is 5.16. The Morgan fingerprint density at radius 2 is 1.78 bits per heavy atom. The van der Waals surface area contributed by atoms with E-state index in [0.717, 1.165) is 5.92 Å². The van der Waals surface area contributed by atoms with Crippen molar-refractivity contribution in [2.24, 2.45) is 11.3 Å². The lowest BCUT2D eigenvalue weighted by atomic mass is 9.65. The summed E-state index contributed by atoms with van der Waals surface area (Å²) in [5, 5.41) is 0. The molecule has 1 aliphatic carbocycles. The zero-order chi connectivity index (χ0) is 12.8. The highest BCUT2D eigenvalue weighted by Gasteiger charge is 2.33. The quantitative estimate of drug-likeness (QED) is 0.631. The molecule has 0 aromatic heterocycles. The van der Waals surface area contributed by atoms with Gasteiger partial charge in [-0.1, -0.05) is 69.9 Å². The number of hydrogen-bond acceptors (Lipinski definition) is 0. The van der Waals surface area contributed by atoms with Gasteiger partial charge in [0.1, 0.15) is 0 Å². The molecule has 1 saturated carbocycles. The van der Waals surface area contributed by atoms with Gasteiger partial charge in [0.25, 0.3) is 0 Å². The van der Waals surface area contributed by atoms with Gasteiger partial charge in [-0.25, -0.2) is 0 Å².